The second-order valence-electron chi connectivity index (χ2n) is 5.16. The molecular formula is C16H17NO2. The standard InChI is InChI=1S/C16H17NO2/c18-16-14(11-12-7-3-1-4-8-12)15(17-19-16)13-9-5-2-6-10-13/h1,3-4,7-8,11,13H,2,5-6,9-10H2/b14-11-. The van der Waals surface area contributed by atoms with Crippen LogP contribution in [0, 0.1) is 5.92 Å². The van der Waals surface area contributed by atoms with Crippen LogP contribution in [0.2, 0.25) is 0 Å². The highest BCUT2D eigenvalue weighted by atomic mass is 16.7. The minimum atomic E-state index is -0.315. The van der Waals surface area contributed by atoms with E-state index in [4.69, 9.17) is 4.84 Å². The van der Waals surface area contributed by atoms with E-state index >= 15 is 0 Å². The highest BCUT2D eigenvalue weighted by Gasteiger charge is 2.32. The van der Waals surface area contributed by atoms with Crippen molar-refractivity contribution in [2.24, 2.45) is 11.1 Å². The molecule has 1 fully saturated rings. The van der Waals surface area contributed by atoms with Gasteiger partial charge in [0, 0.05) is 5.92 Å². The van der Waals surface area contributed by atoms with Crippen LogP contribution in [0.3, 0.4) is 0 Å². The van der Waals surface area contributed by atoms with Crippen LogP contribution < -0.4 is 0 Å². The Bertz CT molecular complexity index is 525. The number of rotatable bonds is 2. The Balaban J connectivity index is 1.87. The third kappa shape index (κ3) is 2.60. The van der Waals surface area contributed by atoms with Crippen molar-refractivity contribution < 1.29 is 9.63 Å². The van der Waals surface area contributed by atoms with Crippen molar-refractivity contribution in [3.63, 3.8) is 0 Å². The fraction of sp³-hybridized carbons (Fsp3) is 0.375. The number of oxime groups is 1. The van der Waals surface area contributed by atoms with Crippen LogP contribution in [0.4, 0.5) is 0 Å². The van der Waals surface area contributed by atoms with Crippen LogP contribution in [-0.2, 0) is 9.63 Å². The zero-order chi connectivity index (χ0) is 13.1. The molecule has 0 spiro atoms. The molecule has 98 valence electrons. The Morgan fingerprint density at radius 3 is 2.58 bits per heavy atom. The number of hydrogen-bond acceptors (Lipinski definition) is 3. The Morgan fingerprint density at radius 1 is 1.11 bits per heavy atom. The normalized spacial score (nSPS) is 22.4. The van der Waals surface area contributed by atoms with Gasteiger partial charge in [-0.05, 0) is 24.5 Å². The lowest BCUT2D eigenvalue weighted by atomic mass is 9.83. The molecule has 0 saturated heterocycles. The van der Waals surface area contributed by atoms with Gasteiger partial charge in [0.05, 0.1) is 11.3 Å². The van der Waals surface area contributed by atoms with E-state index < -0.39 is 0 Å². The summed E-state index contributed by atoms with van der Waals surface area (Å²) in [5.74, 6) is 0.0691. The molecule has 1 heterocycles. The van der Waals surface area contributed by atoms with E-state index in [1.807, 2.05) is 36.4 Å². The quantitative estimate of drug-likeness (QED) is 0.598. The highest BCUT2D eigenvalue weighted by molar-refractivity contribution is 6.25. The zero-order valence-electron chi connectivity index (χ0n) is 10.8. The molecule has 1 aliphatic carbocycles. The second-order valence-corrected chi connectivity index (χ2v) is 5.16. The summed E-state index contributed by atoms with van der Waals surface area (Å²) < 4.78 is 0. The molecule has 3 nitrogen and oxygen atoms in total. The first kappa shape index (κ1) is 12.2. The largest absolute Gasteiger partial charge is 0.367 e. The summed E-state index contributed by atoms with van der Waals surface area (Å²) in [4.78, 5) is 16.7. The maximum absolute atomic E-state index is 11.8. The number of nitrogens with zero attached hydrogens (tertiary/aromatic N) is 1. The van der Waals surface area contributed by atoms with E-state index in [0.717, 1.165) is 24.1 Å². The summed E-state index contributed by atoms with van der Waals surface area (Å²) >= 11 is 0. The Morgan fingerprint density at radius 2 is 1.84 bits per heavy atom. The van der Waals surface area contributed by atoms with Gasteiger partial charge >= 0.3 is 5.97 Å². The molecule has 1 aromatic carbocycles. The van der Waals surface area contributed by atoms with Gasteiger partial charge in [0.1, 0.15) is 0 Å². The van der Waals surface area contributed by atoms with Crippen LogP contribution >= 0.6 is 0 Å². The van der Waals surface area contributed by atoms with Crippen molar-refractivity contribution >= 4 is 17.8 Å². The van der Waals surface area contributed by atoms with Crippen molar-refractivity contribution in [3.05, 3.63) is 41.5 Å². The number of hydrogen-bond donors (Lipinski definition) is 0. The smallest absolute Gasteiger partial charge is 0.312 e. The lowest BCUT2D eigenvalue weighted by Crippen LogP contribution is -2.19. The van der Waals surface area contributed by atoms with E-state index in [1.165, 1.54) is 19.3 Å². The van der Waals surface area contributed by atoms with Gasteiger partial charge < -0.3 is 4.84 Å². The van der Waals surface area contributed by atoms with Gasteiger partial charge in [-0.25, -0.2) is 4.79 Å². The van der Waals surface area contributed by atoms with Gasteiger partial charge in [-0.15, -0.1) is 0 Å². The summed E-state index contributed by atoms with van der Waals surface area (Å²) in [5.41, 5.74) is 2.51. The van der Waals surface area contributed by atoms with Crippen LogP contribution in [0.15, 0.2) is 41.1 Å². The van der Waals surface area contributed by atoms with Crippen LogP contribution in [0.25, 0.3) is 6.08 Å². The molecule has 1 aliphatic heterocycles. The van der Waals surface area contributed by atoms with Gasteiger partial charge in [-0.3, -0.25) is 0 Å². The predicted molar refractivity (Wildman–Crippen MR) is 74.5 cm³/mol. The van der Waals surface area contributed by atoms with Crippen molar-refractivity contribution in [2.45, 2.75) is 32.1 Å². The second kappa shape index (κ2) is 5.39. The topological polar surface area (TPSA) is 38.7 Å². The zero-order valence-corrected chi connectivity index (χ0v) is 10.8. The Labute approximate surface area is 113 Å². The highest BCUT2D eigenvalue weighted by Crippen LogP contribution is 2.30. The Kier molecular flexibility index (Phi) is 3.45. The minimum absolute atomic E-state index is 0.315. The molecular weight excluding hydrogens is 238 g/mol. The van der Waals surface area contributed by atoms with Gasteiger partial charge in [0.25, 0.3) is 0 Å². The van der Waals surface area contributed by atoms with Gasteiger partial charge in [-0.1, -0.05) is 54.8 Å². The SMILES string of the molecule is O=C1ON=C(C2CCCCC2)/C1=C/c1ccccc1. The van der Waals surface area contributed by atoms with Crippen molar-refractivity contribution in [1.82, 2.24) is 0 Å². The van der Waals surface area contributed by atoms with Crippen molar-refractivity contribution in [3.8, 4) is 0 Å². The minimum Gasteiger partial charge on any atom is -0.312 e. The van der Waals surface area contributed by atoms with Crippen LogP contribution in [-0.4, -0.2) is 11.7 Å². The van der Waals surface area contributed by atoms with Gasteiger partial charge in [-0.2, -0.15) is 0 Å². The average molecular weight is 255 g/mol. The molecule has 1 saturated carbocycles. The van der Waals surface area contributed by atoms with Crippen LogP contribution in [0.1, 0.15) is 37.7 Å². The maximum Gasteiger partial charge on any atom is 0.367 e. The molecule has 0 bridgehead atoms. The van der Waals surface area contributed by atoms with E-state index in [9.17, 15) is 4.79 Å². The fourth-order valence-corrected chi connectivity index (χ4v) is 2.81. The molecule has 0 amide bonds. The molecule has 2 aliphatic rings. The number of benzene rings is 1. The summed E-state index contributed by atoms with van der Waals surface area (Å²) in [7, 11) is 0. The fourth-order valence-electron chi connectivity index (χ4n) is 2.81. The first-order chi connectivity index (χ1) is 9.34. The van der Waals surface area contributed by atoms with E-state index in [1.54, 1.807) is 0 Å². The maximum atomic E-state index is 11.8. The molecule has 0 aromatic heterocycles. The third-order valence-corrected chi connectivity index (χ3v) is 3.83. The van der Waals surface area contributed by atoms with Crippen molar-refractivity contribution in [1.29, 1.82) is 0 Å². The molecule has 0 atom stereocenters. The lowest BCUT2D eigenvalue weighted by Gasteiger charge is -2.20. The first-order valence-corrected chi connectivity index (χ1v) is 6.91. The molecule has 0 unspecified atom stereocenters. The predicted octanol–water partition coefficient (Wildman–Crippen LogP) is 3.56. The molecule has 0 radical (unpaired) electrons. The van der Waals surface area contributed by atoms with E-state index in [-0.39, 0.29) is 5.97 Å². The van der Waals surface area contributed by atoms with Gasteiger partial charge in [0.15, 0.2) is 0 Å². The summed E-state index contributed by atoms with van der Waals surface area (Å²) in [6.45, 7) is 0. The number of carbonyl (C=O) groups excluding carboxylic acids is 1. The summed E-state index contributed by atoms with van der Waals surface area (Å²) in [5, 5.41) is 4.02. The molecule has 1 aromatic rings. The molecule has 19 heavy (non-hydrogen) atoms. The van der Waals surface area contributed by atoms with Crippen molar-refractivity contribution in [2.75, 3.05) is 0 Å². The number of carbonyl (C=O) groups is 1. The van der Waals surface area contributed by atoms with E-state index in [0.29, 0.717) is 11.5 Å². The lowest BCUT2D eigenvalue weighted by molar-refractivity contribution is -0.136. The Hall–Kier alpha value is -1.90. The van der Waals surface area contributed by atoms with Crippen LogP contribution in [0.5, 0.6) is 0 Å². The first-order valence-electron chi connectivity index (χ1n) is 6.91. The molecule has 0 N–H and O–H groups in total. The molecule has 3 heteroatoms. The molecule has 3 rings (SSSR count). The summed E-state index contributed by atoms with van der Waals surface area (Å²) in [6, 6.07) is 9.85. The van der Waals surface area contributed by atoms with E-state index in [2.05, 4.69) is 5.16 Å². The third-order valence-electron chi connectivity index (χ3n) is 3.83. The van der Waals surface area contributed by atoms with Gasteiger partial charge in [0.2, 0.25) is 0 Å². The summed E-state index contributed by atoms with van der Waals surface area (Å²) in [6.07, 6.45) is 7.84. The monoisotopic (exact) mass is 255 g/mol. The average Bonchev–Trinajstić information content (AvgIpc) is 2.82.